The van der Waals surface area contributed by atoms with Crippen molar-refractivity contribution in [2.75, 3.05) is 24.2 Å². The SMILES string of the molecule is CCOC(=O)c1c(NCC=C(C)C)sc(C(N)=O)c1N. The first-order chi connectivity index (χ1) is 9.38. The first kappa shape index (κ1) is 16.0. The summed E-state index contributed by atoms with van der Waals surface area (Å²) in [5, 5.41) is 3.55. The van der Waals surface area contributed by atoms with Gasteiger partial charge in [-0.2, -0.15) is 0 Å². The topological polar surface area (TPSA) is 107 Å². The second-order valence-electron chi connectivity index (χ2n) is 4.30. The molecule has 0 spiro atoms. The van der Waals surface area contributed by atoms with Crippen molar-refractivity contribution in [3.63, 3.8) is 0 Å². The molecule has 1 amide bonds. The zero-order valence-corrected chi connectivity index (χ0v) is 12.6. The molecule has 0 saturated heterocycles. The summed E-state index contributed by atoms with van der Waals surface area (Å²) in [6.45, 7) is 6.38. The third kappa shape index (κ3) is 3.74. The summed E-state index contributed by atoms with van der Waals surface area (Å²) in [7, 11) is 0. The van der Waals surface area contributed by atoms with E-state index in [2.05, 4.69) is 5.32 Å². The van der Waals surface area contributed by atoms with Crippen LogP contribution in [0.1, 0.15) is 40.8 Å². The maximum absolute atomic E-state index is 11.9. The Kier molecular flexibility index (Phi) is 5.57. The zero-order chi connectivity index (χ0) is 15.3. The van der Waals surface area contributed by atoms with E-state index in [4.69, 9.17) is 16.2 Å². The van der Waals surface area contributed by atoms with E-state index in [0.717, 1.165) is 16.9 Å². The predicted molar refractivity (Wildman–Crippen MR) is 81.1 cm³/mol. The fourth-order valence-corrected chi connectivity index (χ4v) is 2.47. The molecule has 1 rings (SSSR count). The van der Waals surface area contributed by atoms with E-state index in [0.29, 0.717) is 11.5 Å². The van der Waals surface area contributed by atoms with Crippen LogP contribution in [0.5, 0.6) is 0 Å². The molecular weight excluding hydrogens is 278 g/mol. The Morgan fingerprint density at radius 2 is 2.05 bits per heavy atom. The highest BCUT2D eigenvalue weighted by Gasteiger charge is 2.25. The number of rotatable bonds is 6. The fourth-order valence-electron chi connectivity index (χ4n) is 1.51. The molecular formula is C13H19N3O3S. The Hall–Kier alpha value is -2.02. The molecule has 0 atom stereocenters. The van der Waals surface area contributed by atoms with E-state index in [9.17, 15) is 9.59 Å². The average molecular weight is 297 g/mol. The van der Waals surface area contributed by atoms with Gasteiger partial charge in [0.05, 0.1) is 12.3 Å². The summed E-state index contributed by atoms with van der Waals surface area (Å²) in [6, 6.07) is 0. The number of thiophene rings is 1. The Morgan fingerprint density at radius 1 is 1.40 bits per heavy atom. The number of ether oxygens (including phenoxy) is 1. The van der Waals surface area contributed by atoms with Crippen molar-refractivity contribution in [2.45, 2.75) is 20.8 Å². The molecule has 110 valence electrons. The standard InChI is InChI=1S/C13H19N3O3S/c1-4-19-13(18)8-9(14)10(11(15)17)20-12(8)16-6-5-7(2)3/h5,16H,4,6,14H2,1-3H3,(H2,15,17). The number of nitrogen functional groups attached to an aromatic ring is 1. The van der Waals surface area contributed by atoms with Crippen LogP contribution < -0.4 is 16.8 Å². The molecule has 0 bridgehead atoms. The van der Waals surface area contributed by atoms with Gasteiger partial charge in [-0.25, -0.2) is 4.79 Å². The highest BCUT2D eigenvalue weighted by molar-refractivity contribution is 7.19. The monoisotopic (exact) mass is 297 g/mol. The van der Waals surface area contributed by atoms with Gasteiger partial charge in [0.15, 0.2) is 0 Å². The van der Waals surface area contributed by atoms with Gasteiger partial charge in [0, 0.05) is 6.54 Å². The summed E-state index contributed by atoms with van der Waals surface area (Å²) in [6.07, 6.45) is 1.95. The van der Waals surface area contributed by atoms with Crippen molar-refractivity contribution < 1.29 is 14.3 Å². The van der Waals surface area contributed by atoms with Crippen molar-refractivity contribution in [3.05, 3.63) is 22.1 Å². The number of amides is 1. The minimum atomic E-state index is -0.659. The first-order valence-corrected chi connectivity index (χ1v) is 6.96. The van der Waals surface area contributed by atoms with Crippen molar-refractivity contribution in [1.82, 2.24) is 0 Å². The number of carbonyl (C=O) groups excluding carboxylic acids is 2. The third-order valence-electron chi connectivity index (χ3n) is 2.42. The van der Waals surface area contributed by atoms with Crippen LogP contribution >= 0.6 is 11.3 Å². The maximum atomic E-state index is 11.9. The fraction of sp³-hybridized carbons (Fsp3) is 0.385. The lowest BCUT2D eigenvalue weighted by molar-refractivity contribution is 0.0529. The smallest absolute Gasteiger partial charge is 0.343 e. The van der Waals surface area contributed by atoms with E-state index in [1.54, 1.807) is 6.92 Å². The molecule has 0 unspecified atom stereocenters. The maximum Gasteiger partial charge on any atom is 0.343 e. The lowest BCUT2D eigenvalue weighted by atomic mass is 10.2. The van der Waals surface area contributed by atoms with E-state index in [-0.39, 0.29) is 22.7 Å². The van der Waals surface area contributed by atoms with Crippen LogP contribution in [0.4, 0.5) is 10.7 Å². The van der Waals surface area contributed by atoms with E-state index >= 15 is 0 Å². The van der Waals surface area contributed by atoms with Crippen LogP contribution in [0.15, 0.2) is 11.6 Å². The van der Waals surface area contributed by atoms with Crippen molar-refractivity contribution in [1.29, 1.82) is 0 Å². The van der Waals surface area contributed by atoms with E-state index in [1.807, 2.05) is 19.9 Å². The van der Waals surface area contributed by atoms with Crippen molar-refractivity contribution in [3.8, 4) is 0 Å². The molecule has 20 heavy (non-hydrogen) atoms. The van der Waals surface area contributed by atoms with E-state index in [1.165, 1.54) is 0 Å². The first-order valence-electron chi connectivity index (χ1n) is 6.14. The Morgan fingerprint density at radius 3 is 2.55 bits per heavy atom. The molecule has 5 N–H and O–H groups in total. The summed E-state index contributed by atoms with van der Waals surface area (Å²) < 4.78 is 4.95. The number of anilines is 2. The van der Waals surface area contributed by atoms with Crippen LogP contribution in [0.25, 0.3) is 0 Å². The second-order valence-corrected chi connectivity index (χ2v) is 5.32. The number of hydrogen-bond acceptors (Lipinski definition) is 6. The molecule has 0 saturated carbocycles. The van der Waals surface area contributed by atoms with Crippen LogP contribution in [-0.2, 0) is 4.74 Å². The number of nitrogens with one attached hydrogen (secondary N) is 1. The van der Waals surface area contributed by atoms with Gasteiger partial charge in [-0.05, 0) is 20.8 Å². The van der Waals surface area contributed by atoms with E-state index < -0.39 is 11.9 Å². The van der Waals surface area contributed by atoms with Crippen LogP contribution in [0, 0.1) is 0 Å². The minimum Gasteiger partial charge on any atom is -0.462 e. The molecule has 0 fully saturated rings. The number of nitrogens with two attached hydrogens (primary N) is 2. The van der Waals surface area contributed by atoms with Gasteiger partial charge in [-0.3, -0.25) is 4.79 Å². The Bertz CT molecular complexity index is 545. The summed E-state index contributed by atoms with van der Waals surface area (Å²) in [5.74, 6) is -1.22. The molecule has 0 aliphatic rings. The van der Waals surface area contributed by atoms with Gasteiger partial charge in [-0.1, -0.05) is 11.6 Å². The normalized spacial score (nSPS) is 9.95. The zero-order valence-electron chi connectivity index (χ0n) is 11.8. The minimum absolute atomic E-state index is 0.0700. The molecule has 0 aliphatic carbocycles. The number of esters is 1. The van der Waals surface area contributed by atoms with Crippen LogP contribution in [0.2, 0.25) is 0 Å². The Balaban J connectivity index is 3.13. The van der Waals surface area contributed by atoms with Gasteiger partial charge in [0.2, 0.25) is 0 Å². The Labute approximate surface area is 121 Å². The lowest BCUT2D eigenvalue weighted by Gasteiger charge is -2.06. The highest BCUT2D eigenvalue weighted by Crippen LogP contribution is 2.36. The molecule has 1 aromatic heterocycles. The van der Waals surface area contributed by atoms with Crippen LogP contribution in [-0.4, -0.2) is 25.0 Å². The molecule has 0 aromatic carbocycles. The van der Waals surface area contributed by atoms with Gasteiger partial charge >= 0.3 is 5.97 Å². The molecule has 1 heterocycles. The second kappa shape index (κ2) is 6.95. The van der Waals surface area contributed by atoms with Crippen molar-refractivity contribution in [2.24, 2.45) is 5.73 Å². The summed E-state index contributed by atoms with van der Waals surface area (Å²) in [4.78, 5) is 23.4. The molecule has 7 heteroatoms. The quantitative estimate of drug-likeness (QED) is 0.549. The predicted octanol–water partition coefficient (Wildman–Crippen LogP) is 1.98. The highest BCUT2D eigenvalue weighted by atomic mass is 32.1. The molecule has 0 aliphatic heterocycles. The van der Waals surface area contributed by atoms with Gasteiger partial charge in [-0.15, -0.1) is 11.3 Å². The number of allylic oxidation sites excluding steroid dienone is 1. The summed E-state index contributed by atoms with van der Waals surface area (Å²) >= 11 is 1.06. The summed E-state index contributed by atoms with van der Waals surface area (Å²) in [5.41, 5.74) is 12.4. The molecule has 6 nitrogen and oxygen atoms in total. The molecule has 0 radical (unpaired) electrons. The van der Waals surface area contributed by atoms with Gasteiger partial charge < -0.3 is 21.5 Å². The van der Waals surface area contributed by atoms with Crippen molar-refractivity contribution >= 4 is 33.9 Å². The number of hydrogen-bond donors (Lipinski definition) is 3. The van der Waals surface area contributed by atoms with Crippen LogP contribution in [0.3, 0.4) is 0 Å². The lowest BCUT2D eigenvalue weighted by Crippen LogP contribution is -2.13. The van der Waals surface area contributed by atoms with Gasteiger partial charge in [0.25, 0.3) is 5.91 Å². The third-order valence-corrected chi connectivity index (χ3v) is 3.60. The number of carbonyl (C=O) groups is 2. The largest absolute Gasteiger partial charge is 0.462 e. The van der Waals surface area contributed by atoms with Gasteiger partial charge in [0.1, 0.15) is 15.4 Å². The number of primary amides is 1. The average Bonchev–Trinajstić information content (AvgIpc) is 2.66. The molecule has 1 aromatic rings.